The van der Waals surface area contributed by atoms with Crippen molar-refractivity contribution in [2.75, 3.05) is 55.2 Å². The number of ether oxygens (including phenoxy) is 5. The fourth-order valence-corrected chi connectivity index (χ4v) is 6.43. The Balaban J connectivity index is -0.000000291. The Bertz CT molecular complexity index is 2180. The quantitative estimate of drug-likeness (QED) is 0.0523. The summed E-state index contributed by atoms with van der Waals surface area (Å²) in [6, 6.07) is 16.1. The van der Waals surface area contributed by atoms with Crippen molar-refractivity contribution in [2.24, 2.45) is 39.7 Å². The number of carboxylic acids is 2. The number of esters is 2. The zero-order valence-electron chi connectivity index (χ0n) is 44.4. The van der Waals surface area contributed by atoms with Gasteiger partial charge >= 0.3 is 23.9 Å². The van der Waals surface area contributed by atoms with Gasteiger partial charge in [0.2, 0.25) is 11.8 Å². The average Bonchev–Trinajstić information content (AvgIpc) is 3.33. The second-order valence-electron chi connectivity index (χ2n) is 18.1. The van der Waals surface area contributed by atoms with E-state index in [1.54, 1.807) is 113 Å². The third-order valence-corrected chi connectivity index (χ3v) is 11.5. The number of aliphatic carboxylic acids is 2. The summed E-state index contributed by atoms with van der Waals surface area (Å²) in [6.07, 6.45) is 1.54. The molecule has 0 aliphatic carbocycles. The van der Waals surface area contributed by atoms with E-state index in [1.165, 1.54) is 21.0 Å². The topological polar surface area (TPSA) is 239 Å². The molecule has 0 fully saturated rings. The van der Waals surface area contributed by atoms with Gasteiger partial charge in [0.25, 0.3) is 0 Å². The second kappa shape index (κ2) is 38.4. The van der Waals surface area contributed by atoms with E-state index in [9.17, 15) is 28.8 Å². The monoisotopic (exact) mass is 1100 g/mol. The number of carbonyl (C=O) groups excluding carboxylic acids is 4. The maximum absolute atomic E-state index is 12.2. The van der Waals surface area contributed by atoms with Gasteiger partial charge < -0.3 is 50.3 Å². The third-order valence-electron chi connectivity index (χ3n) is 10.6. The lowest BCUT2D eigenvalue weighted by molar-refractivity contribution is -0.151. The summed E-state index contributed by atoms with van der Waals surface area (Å²) in [6.45, 7) is 17.5. The highest BCUT2D eigenvalue weighted by atomic mass is 35.5. The van der Waals surface area contributed by atoms with Crippen LogP contribution in [-0.4, -0.2) is 117 Å². The van der Waals surface area contributed by atoms with E-state index >= 15 is 0 Å². The maximum atomic E-state index is 12.2. The van der Waals surface area contributed by atoms with Gasteiger partial charge in [-0.2, -0.15) is 0 Å². The van der Waals surface area contributed by atoms with Gasteiger partial charge in [0.1, 0.15) is 17.2 Å². The minimum atomic E-state index is -0.987. The van der Waals surface area contributed by atoms with Gasteiger partial charge in [0.05, 0.1) is 80.6 Å². The Kier molecular flexibility index (Phi) is 40.3. The zero-order chi connectivity index (χ0) is 55.4. The van der Waals surface area contributed by atoms with Gasteiger partial charge in [-0.15, -0.1) is 0 Å². The van der Waals surface area contributed by atoms with E-state index < -0.39 is 34.1 Å². The number of rotatable bonds is 20. The molecule has 3 atom stereocenters. The van der Waals surface area contributed by atoms with Crippen molar-refractivity contribution in [3.63, 3.8) is 0 Å². The molecule has 0 heterocycles. The summed E-state index contributed by atoms with van der Waals surface area (Å²) >= 11 is 18.1. The summed E-state index contributed by atoms with van der Waals surface area (Å²) in [5, 5.41) is 24.8. The van der Waals surface area contributed by atoms with Crippen LogP contribution in [0.3, 0.4) is 0 Å². The van der Waals surface area contributed by atoms with Crippen LogP contribution in [0.4, 0.5) is 0 Å². The number of benzene rings is 3. The predicted octanol–water partition coefficient (Wildman–Crippen LogP) is 9.45. The van der Waals surface area contributed by atoms with E-state index in [4.69, 9.17) is 69.7 Å². The Hall–Kier alpha value is -5.16. The van der Waals surface area contributed by atoms with Crippen molar-refractivity contribution in [2.45, 2.75) is 103 Å². The molecule has 0 spiro atoms. The van der Waals surface area contributed by atoms with Crippen LogP contribution in [0.15, 0.2) is 54.6 Å². The molecule has 16 nitrogen and oxygen atoms in total. The molecule has 0 saturated heterocycles. The van der Waals surface area contributed by atoms with Crippen molar-refractivity contribution in [3.05, 3.63) is 86.4 Å². The van der Waals surface area contributed by atoms with Gasteiger partial charge in [-0.3, -0.25) is 28.8 Å². The number of carboxylic acid groups (broad SMARTS) is 2. The molecule has 0 bridgehead atoms. The fraction of sp³-hybridized carbons (Fsp3) is 0.547. The fourth-order valence-electron chi connectivity index (χ4n) is 5.59. The molecule has 0 aliphatic heterocycles. The molecule has 3 aromatic rings. The van der Waals surface area contributed by atoms with Crippen molar-refractivity contribution < 1.29 is 62.7 Å². The first-order valence-electron chi connectivity index (χ1n) is 22.4. The molecule has 0 aromatic heterocycles. The highest BCUT2D eigenvalue weighted by molar-refractivity contribution is 6.32. The number of hydrogen-bond acceptors (Lipinski definition) is 12. The van der Waals surface area contributed by atoms with E-state index in [0.717, 1.165) is 16.7 Å². The van der Waals surface area contributed by atoms with Gasteiger partial charge in [-0.05, 0) is 114 Å². The molecule has 2 amide bonds. The largest absolute Gasteiger partial charge is 0.495 e. The number of hydrogen-bond donors (Lipinski definition) is 5. The number of amides is 2. The van der Waals surface area contributed by atoms with E-state index in [2.05, 4.69) is 23.2 Å². The van der Waals surface area contributed by atoms with Gasteiger partial charge in [0, 0.05) is 39.9 Å². The zero-order valence-corrected chi connectivity index (χ0v) is 46.7. The minimum absolute atomic E-state index is 0. The first kappa shape index (κ1) is 77.7. The van der Waals surface area contributed by atoms with Crippen LogP contribution in [0.25, 0.3) is 0 Å². The summed E-state index contributed by atoms with van der Waals surface area (Å²) in [7, 11) is 11.8. The lowest BCUT2D eigenvalue weighted by Crippen LogP contribution is -2.41. The lowest BCUT2D eigenvalue weighted by Gasteiger charge is -2.23. The van der Waals surface area contributed by atoms with Crippen molar-refractivity contribution in [1.29, 1.82) is 0 Å². The molecule has 0 aliphatic rings. The first-order chi connectivity index (χ1) is 33.0. The van der Waals surface area contributed by atoms with Crippen LogP contribution >= 0.6 is 34.8 Å². The van der Waals surface area contributed by atoms with E-state index in [0.29, 0.717) is 58.1 Å². The Morgan fingerprint density at radius 3 is 1.07 bits per heavy atom. The van der Waals surface area contributed by atoms with Gasteiger partial charge in [-0.1, -0.05) is 95.4 Å². The molecular weight excluding hydrogens is 1010 g/mol. The third kappa shape index (κ3) is 28.5. The second-order valence-corrected chi connectivity index (χ2v) is 19.4. The van der Waals surface area contributed by atoms with Crippen LogP contribution < -0.4 is 30.6 Å². The highest BCUT2D eigenvalue weighted by Gasteiger charge is 2.31. The molecule has 3 aromatic carbocycles. The molecule has 0 saturated carbocycles. The molecule has 3 unspecified atom stereocenters. The van der Waals surface area contributed by atoms with Crippen molar-refractivity contribution >= 4 is 86.8 Å². The first-order valence-corrected chi connectivity index (χ1v) is 23.5. The Labute approximate surface area is 459 Å². The van der Waals surface area contributed by atoms with Crippen LogP contribution in [-0.2, 0) is 57.5 Å². The number of nitrogens with one attached hydrogen (secondary N) is 2. The summed E-state index contributed by atoms with van der Waals surface area (Å²) in [5.41, 5.74) is 5.78. The van der Waals surface area contributed by atoms with Gasteiger partial charge in [0.15, 0.2) is 0 Å². The van der Waals surface area contributed by atoms with Crippen molar-refractivity contribution in [3.8, 4) is 17.2 Å². The number of carbonyl (C=O) groups is 6. The minimum Gasteiger partial charge on any atom is -0.495 e. The molecule has 415 valence electrons. The predicted molar refractivity (Wildman–Crippen MR) is 299 cm³/mol. The lowest BCUT2D eigenvalue weighted by atomic mass is 9.93. The molecule has 21 heteroatoms. The number of nitrogens with two attached hydrogens (primary N) is 1. The number of methoxy groups -OCH3 is 5. The van der Waals surface area contributed by atoms with Crippen molar-refractivity contribution in [1.82, 2.24) is 10.6 Å². The van der Waals surface area contributed by atoms with Crippen LogP contribution in [0.2, 0.25) is 21.9 Å². The Morgan fingerprint density at radius 1 is 0.554 bits per heavy atom. The summed E-state index contributed by atoms with van der Waals surface area (Å²) < 4.78 is 24.4. The highest BCUT2D eigenvalue weighted by Crippen LogP contribution is 2.28. The summed E-state index contributed by atoms with van der Waals surface area (Å²) in [5.74, 6) is -1.80. The SMILES string of the molecule is C.C.COC(=O)C(C)(C)CN.COC(=O)C(C)(C)CNC(=O)C(C)Cc1ccc(OC)c(Cl)c1.COc1ccc(CC(C)C(=O)NCC(C)(C)C(=O)O)cc1Cl.COc1ccc(CC(C)C(=O)O)cc1Cl.[B].[B]C. The molecular formula is C53H83B2Cl3N3O13. The standard InChI is InChI=1S/C17H24ClNO4.C16H22ClNO4.C11H13ClO3.C6H13NO2.CH3B.2CH4.B/c1-11(8-12-6-7-14(22-4)13(18)9-12)15(20)19-10-17(2,3)16(21)23-5;1-10(14(19)18-9-16(2,3)15(20)21)7-11-5-6-13(22-4)12(17)8-11;1-7(11(13)14)5-8-3-4-10(15-2)9(12)6-8;1-6(2,4-7)5(8)9-3;1-2;;;/h6-7,9,11H,8,10H2,1-5H3,(H,19,20);5-6,8,10H,7,9H2,1-4H3,(H,18,19)(H,20,21);3-4,6-7H,5H2,1-2H3,(H,13,14);4,7H2,1-3H3;1H3;2*1H4;. The number of halogens is 3. The molecule has 6 N–H and O–H groups in total. The normalized spacial score (nSPS) is 11.5. The Morgan fingerprint density at radius 2 is 0.838 bits per heavy atom. The van der Waals surface area contributed by atoms with E-state index in [-0.39, 0.29) is 71.9 Å². The molecule has 74 heavy (non-hydrogen) atoms. The maximum Gasteiger partial charge on any atom is 0.313 e. The molecule has 5 radical (unpaired) electrons. The van der Waals surface area contributed by atoms with Crippen LogP contribution in [0.5, 0.6) is 17.2 Å². The van der Waals surface area contributed by atoms with Crippen LogP contribution in [0, 0.1) is 34.0 Å². The van der Waals surface area contributed by atoms with Gasteiger partial charge in [-0.25, -0.2) is 0 Å². The average molecular weight is 1100 g/mol. The van der Waals surface area contributed by atoms with E-state index in [1.807, 2.05) is 25.1 Å². The van der Waals surface area contributed by atoms with Crippen LogP contribution in [0.1, 0.15) is 93.9 Å². The molecule has 3 rings (SSSR count). The summed E-state index contributed by atoms with van der Waals surface area (Å²) in [4.78, 5) is 68.3. The smallest absolute Gasteiger partial charge is 0.313 e.